The molecule has 6 heteroatoms. The minimum absolute atomic E-state index is 0.0651. The van der Waals surface area contributed by atoms with Crippen molar-refractivity contribution in [1.29, 1.82) is 0 Å². The Labute approximate surface area is 219 Å². The largest absolute Gasteiger partial charge is 0.375 e. The summed E-state index contributed by atoms with van der Waals surface area (Å²) >= 11 is 1.69. The highest BCUT2D eigenvalue weighted by molar-refractivity contribution is 7.15. The topological polar surface area (TPSA) is 71.2 Å². The van der Waals surface area contributed by atoms with Crippen molar-refractivity contribution in [2.75, 3.05) is 18.8 Å². The molecule has 0 saturated heterocycles. The van der Waals surface area contributed by atoms with Crippen LogP contribution in [-0.2, 0) is 12.8 Å². The Morgan fingerprint density at radius 2 is 1.89 bits per heavy atom. The number of nitrogens with two attached hydrogens (primary N) is 1. The highest BCUT2D eigenvalue weighted by Gasteiger charge is 2.28. The predicted molar refractivity (Wildman–Crippen MR) is 151 cm³/mol. The number of carbonyl (C=O) groups excluding carboxylic acids is 1. The molecule has 3 N–H and O–H groups in total. The third-order valence-electron chi connectivity index (χ3n) is 8.26. The standard InChI is InChI=1S/C30H40N4OS/c1-2-3-17-34(26-14-15-27-28(20-26)36-30(31)33-27)18-16-21-8-12-25(13-9-21)32-29(35)24-11-10-22-6-4-5-7-23(22)19-24/h4-7,10-11,19,21,25-26H,2-3,8-9,12-18,20H2,1H3,(H2,31,33)(H,32,35)/t21-,25-,26-/m0/s1. The minimum Gasteiger partial charge on any atom is -0.375 e. The van der Waals surface area contributed by atoms with Gasteiger partial charge in [-0.05, 0) is 99.7 Å². The molecule has 2 aliphatic carbocycles. The molecule has 1 heterocycles. The van der Waals surface area contributed by atoms with E-state index >= 15 is 0 Å². The summed E-state index contributed by atoms with van der Waals surface area (Å²) in [5.41, 5.74) is 7.99. The Morgan fingerprint density at radius 3 is 2.69 bits per heavy atom. The number of nitrogens with zero attached hydrogens (tertiary/aromatic N) is 2. The zero-order valence-corrected chi connectivity index (χ0v) is 22.4. The lowest BCUT2D eigenvalue weighted by atomic mass is 9.83. The minimum atomic E-state index is 0.0651. The van der Waals surface area contributed by atoms with Gasteiger partial charge >= 0.3 is 0 Å². The van der Waals surface area contributed by atoms with Gasteiger partial charge in [0.1, 0.15) is 0 Å². The molecule has 1 amide bonds. The van der Waals surface area contributed by atoms with Gasteiger partial charge in [-0.2, -0.15) is 0 Å². The monoisotopic (exact) mass is 504 g/mol. The first-order valence-corrected chi connectivity index (χ1v) is 14.7. The van der Waals surface area contributed by atoms with E-state index in [4.69, 9.17) is 5.73 Å². The van der Waals surface area contributed by atoms with E-state index in [0.29, 0.717) is 12.1 Å². The van der Waals surface area contributed by atoms with E-state index in [2.05, 4.69) is 34.3 Å². The third-order valence-corrected chi connectivity index (χ3v) is 9.21. The number of rotatable bonds is 9. The van der Waals surface area contributed by atoms with Crippen LogP contribution in [-0.4, -0.2) is 41.0 Å². The second kappa shape index (κ2) is 11.7. The molecule has 1 saturated carbocycles. The molecular weight excluding hydrogens is 464 g/mol. The van der Waals surface area contributed by atoms with Gasteiger partial charge in [-0.15, -0.1) is 11.3 Å². The second-order valence-corrected chi connectivity index (χ2v) is 11.9. The summed E-state index contributed by atoms with van der Waals surface area (Å²) in [6.45, 7) is 4.67. The number of unbranched alkanes of at least 4 members (excludes halogenated alkanes) is 1. The van der Waals surface area contributed by atoms with Gasteiger partial charge in [0.15, 0.2) is 5.13 Å². The van der Waals surface area contributed by atoms with Gasteiger partial charge in [0, 0.05) is 22.5 Å². The van der Waals surface area contributed by atoms with Crippen LogP contribution in [0.2, 0.25) is 0 Å². The summed E-state index contributed by atoms with van der Waals surface area (Å²) in [5, 5.41) is 6.33. The first-order valence-electron chi connectivity index (χ1n) is 13.9. The number of hydrogen-bond acceptors (Lipinski definition) is 5. The zero-order chi connectivity index (χ0) is 24.9. The van der Waals surface area contributed by atoms with E-state index in [1.165, 1.54) is 67.6 Å². The number of amides is 1. The molecule has 1 aromatic heterocycles. The Morgan fingerprint density at radius 1 is 1.08 bits per heavy atom. The number of carbonyl (C=O) groups is 1. The fourth-order valence-corrected chi connectivity index (χ4v) is 7.02. The predicted octanol–water partition coefficient (Wildman–Crippen LogP) is 6.22. The van der Waals surface area contributed by atoms with Crippen molar-refractivity contribution in [1.82, 2.24) is 15.2 Å². The van der Waals surface area contributed by atoms with Crippen molar-refractivity contribution in [2.45, 2.75) is 83.2 Å². The van der Waals surface area contributed by atoms with Crippen LogP contribution in [0.15, 0.2) is 42.5 Å². The molecule has 0 unspecified atom stereocenters. The number of thiazole rings is 1. The molecule has 1 atom stereocenters. The summed E-state index contributed by atoms with van der Waals surface area (Å²) in [7, 11) is 0. The highest BCUT2D eigenvalue weighted by atomic mass is 32.1. The maximum absolute atomic E-state index is 12.9. The van der Waals surface area contributed by atoms with Crippen molar-refractivity contribution >= 4 is 33.1 Å². The average Bonchev–Trinajstić information content (AvgIpc) is 3.28. The summed E-state index contributed by atoms with van der Waals surface area (Å²) in [6, 6.07) is 15.1. The van der Waals surface area contributed by atoms with Crippen molar-refractivity contribution in [3.05, 3.63) is 58.6 Å². The zero-order valence-electron chi connectivity index (χ0n) is 21.5. The molecule has 2 aliphatic rings. The molecule has 192 valence electrons. The lowest BCUT2D eigenvalue weighted by molar-refractivity contribution is 0.0918. The number of aryl methyl sites for hydroxylation is 1. The summed E-state index contributed by atoms with van der Waals surface area (Å²) < 4.78 is 0. The molecule has 5 rings (SSSR count). The van der Waals surface area contributed by atoms with Crippen molar-refractivity contribution in [3.63, 3.8) is 0 Å². The van der Waals surface area contributed by atoms with Crippen LogP contribution < -0.4 is 11.1 Å². The quantitative estimate of drug-likeness (QED) is 0.363. The lowest BCUT2D eigenvalue weighted by Crippen LogP contribution is -2.41. The molecule has 3 aromatic rings. The Kier molecular flexibility index (Phi) is 8.22. The number of nitrogens with one attached hydrogen (secondary N) is 1. The SMILES string of the molecule is CCCCN(CC[C@H]1CC[C@H](NC(=O)c2ccc3ccccc3c2)CC1)[C@H]1CCc2nc(N)sc2C1. The molecule has 2 aromatic carbocycles. The van der Waals surface area contributed by atoms with Crippen LogP contribution in [0, 0.1) is 5.92 Å². The van der Waals surface area contributed by atoms with Gasteiger partial charge in [0.05, 0.1) is 5.69 Å². The fraction of sp³-hybridized carbons (Fsp3) is 0.533. The van der Waals surface area contributed by atoms with E-state index < -0.39 is 0 Å². The van der Waals surface area contributed by atoms with E-state index in [0.717, 1.165) is 47.7 Å². The van der Waals surface area contributed by atoms with Crippen LogP contribution in [0.4, 0.5) is 5.13 Å². The van der Waals surface area contributed by atoms with Crippen LogP contribution in [0.5, 0.6) is 0 Å². The van der Waals surface area contributed by atoms with Crippen LogP contribution in [0.25, 0.3) is 10.8 Å². The van der Waals surface area contributed by atoms with Crippen molar-refractivity contribution < 1.29 is 4.79 Å². The Hall–Kier alpha value is -2.44. The summed E-state index contributed by atoms with van der Waals surface area (Å²) in [4.78, 5) is 21.6. The van der Waals surface area contributed by atoms with Crippen molar-refractivity contribution in [2.24, 2.45) is 5.92 Å². The van der Waals surface area contributed by atoms with E-state index in [-0.39, 0.29) is 5.91 Å². The van der Waals surface area contributed by atoms with E-state index in [1.807, 2.05) is 30.3 Å². The van der Waals surface area contributed by atoms with Crippen LogP contribution in [0.3, 0.4) is 0 Å². The van der Waals surface area contributed by atoms with Crippen LogP contribution >= 0.6 is 11.3 Å². The molecule has 5 nitrogen and oxygen atoms in total. The summed E-state index contributed by atoms with van der Waals surface area (Å²) in [5.74, 6) is 0.830. The smallest absolute Gasteiger partial charge is 0.251 e. The fourth-order valence-electron chi connectivity index (χ4n) is 6.07. The normalized spacial score (nSPS) is 22.0. The average molecular weight is 505 g/mol. The van der Waals surface area contributed by atoms with E-state index in [9.17, 15) is 4.79 Å². The van der Waals surface area contributed by atoms with E-state index in [1.54, 1.807) is 11.3 Å². The third kappa shape index (κ3) is 6.09. The number of fused-ring (bicyclic) bond motifs is 2. The van der Waals surface area contributed by atoms with Gasteiger partial charge in [0.25, 0.3) is 5.91 Å². The van der Waals surface area contributed by atoms with Gasteiger partial charge in [-0.3, -0.25) is 4.79 Å². The number of benzene rings is 2. The van der Waals surface area contributed by atoms with Gasteiger partial charge in [-0.25, -0.2) is 4.98 Å². The Balaban J connectivity index is 1.10. The lowest BCUT2D eigenvalue weighted by Gasteiger charge is -2.36. The molecular formula is C30H40N4OS. The molecule has 0 aliphatic heterocycles. The first-order chi connectivity index (χ1) is 17.6. The first kappa shape index (κ1) is 25.2. The molecule has 0 radical (unpaired) electrons. The number of nitrogen functional groups attached to an aromatic ring is 1. The van der Waals surface area contributed by atoms with Gasteiger partial charge in [0.2, 0.25) is 0 Å². The number of aromatic nitrogens is 1. The Bertz CT molecular complexity index is 1170. The van der Waals surface area contributed by atoms with Crippen molar-refractivity contribution in [3.8, 4) is 0 Å². The summed E-state index contributed by atoms with van der Waals surface area (Å²) in [6.07, 6.45) is 11.8. The van der Waals surface area contributed by atoms with Gasteiger partial charge < -0.3 is 16.0 Å². The molecule has 36 heavy (non-hydrogen) atoms. The maximum atomic E-state index is 12.9. The van der Waals surface area contributed by atoms with Crippen LogP contribution in [0.1, 0.15) is 79.2 Å². The maximum Gasteiger partial charge on any atom is 0.251 e. The van der Waals surface area contributed by atoms with Gasteiger partial charge in [-0.1, -0.05) is 43.7 Å². The number of hydrogen-bond donors (Lipinski definition) is 2. The molecule has 1 fully saturated rings. The molecule has 0 spiro atoms. The number of anilines is 1. The highest BCUT2D eigenvalue weighted by Crippen LogP contribution is 2.32. The second-order valence-electron chi connectivity index (χ2n) is 10.7. The molecule has 0 bridgehead atoms.